The molecule has 1 atom stereocenters. The largest absolute Gasteiger partial charge is 0.373 e. The van der Waals surface area contributed by atoms with Gasteiger partial charge in [-0.25, -0.2) is 0 Å². The van der Waals surface area contributed by atoms with E-state index in [1.165, 1.54) is 5.56 Å². The predicted molar refractivity (Wildman–Crippen MR) is 49.4 cm³/mol. The van der Waals surface area contributed by atoms with E-state index in [-0.39, 0.29) is 6.54 Å². The molecule has 1 aliphatic heterocycles. The molecule has 0 radical (unpaired) electrons. The lowest BCUT2D eigenvalue weighted by atomic mass is 10.0. The van der Waals surface area contributed by atoms with Gasteiger partial charge in [0.05, 0.1) is 12.7 Å². The summed E-state index contributed by atoms with van der Waals surface area (Å²) in [5.74, 6) is 0. The maximum Gasteiger partial charge on any atom is 0.106 e. The molecule has 1 fully saturated rings. The first-order valence-electron chi connectivity index (χ1n) is 4.37. The molecule has 3 heteroatoms. The summed E-state index contributed by atoms with van der Waals surface area (Å²) in [5.41, 5.74) is 2.21. The second kappa shape index (κ2) is 3.66. The minimum absolute atomic E-state index is 0.267. The first kappa shape index (κ1) is 8.38. The highest BCUT2D eigenvalue weighted by Crippen LogP contribution is 2.19. The van der Waals surface area contributed by atoms with Crippen LogP contribution in [0.2, 0.25) is 0 Å². The average molecular weight is 177 g/mol. The third kappa shape index (κ3) is 2.12. The second-order valence-corrected chi connectivity index (χ2v) is 3.22. The van der Waals surface area contributed by atoms with E-state index in [4.69, 9.17) is 4.74 Å². The first-order valence-corrected chi connectivity index (χ1v) is 4.37. The van der Waals surface area contributed by atoms with Crippen molar-refractivity contribution in [1.29, 1.82) is 0 Å². The maximum absolute atomic E-state index is 10.1. The summed E-state index contributed by atoms with van der Waals surface area (Å²) in [4.78, 5) is 10.1. The van der Waals surface area contributed by atoms with E-state index < -0.39 is 0 Å². The van der Waals surface area contributed by atoms with Crippen molar-refractivity contribution >= 4 is 0 Å². The van der Waals surface area contributed by atoms with Crippen molar-refractivity contribution in [1.82, 2.24) is 0 Å². The Balaban J connectivity index is 2.14. The quantitative estimate of drug-likeness (QED) is 0.520. The predicted octanol–water partition coefficient (Wildman–Crippen LogP) is 1.89. The second-order valence-electron chi connectivity index (χ2n) is 3.22. The summed E-state index contributed by atoms with van der Waals surface area (Å²) < 4.78 is 5.14. The number of nitrogens with zero attached hydrogens (tertiary/aromatic N) is 1. The van der Waals surface area contributed by atoms with Gasteiger partial charge in [0.1, 0.15) is 6.54 Å². The van der Waals surface area contributed by atoms with Crippen molar-refractivity contribution < 1.29 is 4.74 Å². The maximum atomic E-state index is 10.1. The Morgan fingerprint density at radius 2 is 2.08 bits per heavy atom. The Hall–Kier alpha value is -1.22. The van der Waals surface area contributed by atoms with Gasteiger partial charge in [-0.3, -0.25) is 0 Å². The van der Waals surface area contributed by atoms with Crippen molar-refractivity contribution in [2.75, 3.05) is 6.61 Å². The molecule has 0 amide bonds. The minimum Gasteiger partial charge on any atom is -0.373 e. The number of rotatable bonds is 4. The molecule has 0 saturated carbocycles. The van der Waals surface area contributed by atoms with E-state index in [2.05, 4.69) is 5.18 Å². The highest BCUT2D eigenvalue weighted by Gasteiger charge is 2.23. The van der Waals surface area contributed by atoms with Gasteiger partial charge in [0.2, 0.25) is 0 Å². The summed E-state index contributed by atoms with van der Waals surface area (Å²) in [6, 6.07) is 7.88. The first-order chi connectivity index (χ1) is 6.40. The van der Waals surface area contributed by atoms with Crippen LogP contribution in [0.5, 0.6) is 0 Å². The lowest BCUT2D eigenvalue weighted by Crippen LogP contribution is -1.97. The van der Waals surface area contributed by atoms with E-state index in [9.17, 15) is 4.91 Å². The highest BCUT2D eigenvalue weighted by molar-refractivity contribution is 5.28. The van der Waals surface area contributed by atoms with Crippen LogP contribution >= 0.6 is 0 Å². The third-order valence-corrected chi connectivity index (χ3v) is 2.20. The van der Waals surface area contributed by atoms with Crippen molar-refractivity contribution in [3.05, 3.63) is 40.3 Å². The zero-order valence-corrected chi connectivity index (χ0v) is 7.27. The van der Waals surface area contributed by atoms with Crippen LogP contribution in [-0.4, -0.2) is 12.7 Å². The molecular weight excluding hydrogens is 166 g/mol. The molecule has 1 unspecified atom stereocenters. The SMILES string of the molecule is O=NCc1ccccc1CC1CO1. The summed E-state index contributed by atoms with van der Waals surface area (Å²) >= 11 is 0. The molecule has 0 bridgehead atoms. The topological polar surface area (TPSA) is 42.0 Å². The fourth-order valence-corrected chi connectivity index (χ4v) is 1.41. The molecule has 1 heterocycles. The van der Waals surface area contributed by atoms with Crippen LogP contribution < -0.4 is 0 Å². The van der Waals surface area contributed by atoms with Gasteiger partial charge < -0.3 is 4.74 Å². The van der Waals surface area contributed by atoms with Gasteiger partial charge >= 0.3 is 0 Å². The van der Waals surface area contributed by atoms with Gasteiger partial charge in [0.25, 0.3) is 0 Å². The highest BCUT2D eigenvalue weighted by atomic mass is 16.6. The van der Waals surface area contributed by atoms with Crippen molar-refractivity contribution in [3.63, 3.8) is 0 Å². The Morgan fingerprint density at radius 3 is 2.69 bits per heavy atom. The van der Waals surface area contributed by atoms with Crippen LogP contribution in [0.15, 0.2) is 29.4 Å². The Labute approximate surface area is 76.7 Å². The zero-order chi connectivity index (χ0) is 9.10. The fourth-order valence-electron chi connectivity index (χ4n) is 1.41. The van der Waals surface area contributed by atoms with Crippen LogP contribution in [0, 0.1) is 4.91 Å². The van der Waals surface area contributed by atoms with Crippen molar-refractivity contribution in [2.24, 2.45) is 5.18 Å². The molecule has 1 saturated heterocycles. The number of benzene rings is 1. The van der Waals surface area contributed by atoms with E-state index in [0.717, 1.165) is 18.6 Å². The zero-order valence-electron chi connectivity index (χ0n) is 7.27. The molecule has 2 rings (SSSR count). The molecule has 3 nitrogen and oxygen atoms in total. The van der Waals surface area contributed by atoms with Crippen LogP contribution in [0.4, 0.5) is 0 Å². The monoisotopic (exact) mass is 177 g/mol. The van der Waals surface area contributed by atoms with Crippen molar-refractivity contribution in [2.45, 2.75) is 19.1 Å². The summed E-state index contributed by atoms with van der Waals surface area (Å²) in [7, 11) is 0. The Kier molecular flexibility index (Phi) is 2.36. The van der Waals surface area contributed by atoms with Crippen LogP contribution in [0.3, 0.4) is 0 Å². The molecule has 1 aromatic carbocycles. The van der Waals surface area contributed by atoms with Crippen LogP contribution in [0.25, 0.3) is 0 Å². The molecule has 0 spiro atoms. The summed E-state index contributed by atoms with van der Waals surface area (Å²) in [6.07, 6.45) is 1.28. The molecule has 0 aromatic heterocycles. The molecule has 13 heavy (non-hydrogen) atoms. The number of ether oxygens (including phenoxy) is 1. The van der Waals surface area contributed by atoms with E-state index in [0.29, 0.717) is 6.10 Å². The molecule has 1 aromatic rings. The van der Waals surface area contributed by atoms with E-state index in [1.54, 1.807) is 0 Å². The lowest BCUT2D eigenvalue weighted by Gasteiger charge is -2.03. The smallest absolute Gasteiger partial charge is 0.106 e. The van der Waals surface area contributed by atoms with Gasteiger partial charge in [-0.15, -0.1) is 0 Å². The summed E-state index contributed by atoms with van der Waals surface area (Å²) in [5, 5.41) is 2.90. The number of hydrogen-bond acceptors (Lipinski definition) is 3. The standard InChI is InChI=1S/C10H11NO2/c12-11-6-9-4-2-1-3-8(9)5-10-7-13-10/h1-4,10H,5-7H2. The van der Waals surface area contributed by atoms with Gasteiger partial charge in [-0.05, 0) is 11.1 Å². The number of nitroso groups, excluding NO2 is 1. The van der Waals surface area contributed by atoms with Gasteiger partial charge in [0.15, 0.2) is 0 Å². The molecule has 68 valence electrons. The van der Waals surface area contributed by atoms with Crippen LogP contribution in [0.1, 0.15) is 11.1 Å². The number of epoxide rings is 1. The average Bonchev–Trinajstić information content (AvgIpc) is 2.93. The minimum atomic E-state index is 0.267. The number of hydrogen-bond donors (Lipinski definition) is 0. The Bertz CT molecular complexity index is 308. The third-order valence-electron chi connectivity index (χ3n) is 2.20. The van der Waals surface area contributed by atoms with E-state index in [1.807, 2.05) is 24.3 Å². The van der Waals surface area contributed by atoms with Gasteiger partial charge in [-0.2, -0.15) is 4.91 Å². The molecular formula is C10H11NO2. The van der Waals surface area contributed by atoms with Crippen molar-refractivity contribution in [3.8, 4) is 0 Å². The van der Waals surface area contributed by atoms with E-state index >= 15 is 0 Å². The fraction of sp³-hybridized carbons (Fsp3) is 0.400. The van der Waals surface area contributed by atoms with Crippen LogP contribution in [-0.2, 0) is 17.7 Å². The molecule has 1 aliphatic rings. The van der Waals surface area contributed by atoms with Gasteiger partial charge in [-0.1, -0.05) is 29.4 Å². The molecule has 0 aliphatic carbocycles. The van der Waals surface area contributed by atoms with Gasteiger partial charge in [0, 0.05) is 6.42 Å². The Morgan fingerprint density at radius 1 is 1.38 bits per heavy atom. The molecule has 0 N–H and O–H groups in total. The lowest BCUT2D eigenvalue weighted by molar-refractivity contribution is 0.407. The summed E-state index contributed by atoms with van der Waals surface area (Å²) in [6.45, 7) is 1.12. The normalized spacial score (nSPS) is 19.8.